The number of carbonyl (C=O) groups excluding carboxylic acids is 2. The molecule has 6 nitrogen and oxygen atoms in total. The van der Waals surface area contributed by atoms with E-state index in [4.69, 9.17) is 4.74 Å². The van der Waals surface area contributed by atoms with Gasteiger partial charge in [0.15, 0.2) is 0 Å². The highest BCUT2D eigenvalue weighted by Crippen LogP contribution is 2.36. The van der Waals surface area contributed by atoms with Crippen molar-refractivity contribution < 1.29 is 14.3 Å². The van der Waals surface area contributed by atoms with Gasteiger partial charge >= 0.3 is 0 Å². The number of piperidine rings is 1. The molecular formula is C16H23N3O3S. The lowest BCUT2D eigenvalue weighted by Crippen LogP contribution is -2.63. The zero-order chi connectivity index (χ0) is 16.6. The maximum atomic E-state index is 12.3. The SMILES string of the molecule is CC(=O)N1CCC2(CC1)OCC(=O)N(Cc1csc(C)n1)[C@@H]2C. The molecule has 126 valence electrons. The van der Waals surface area contributed by atoms with Crippen LogP contribution < -0.4 is 0 Å². The standard InChI is InChI=1S/C16H23N3O3S/c1-11-16(4-6-18(7-5-16)13(3)20)22-9-15(21)19(11)8-14-10-23-12(2)17-14/h10-11H,4-9H2,1-3H3/t11-/m1/s1. The fourth-order valence-electron chi connectivity index (χ4n) is 3.55. The van der Waals surface area contributed by atoms with Crippen molar-refractivity contribution >= 4 is 23.2 Å². The minimum Gasteiger partial charge on any atom is -0.363 e. The summed E-state index contributed by atoms with van der Waals surface area (Å²) in [6, 6.07) is -0.0140. The van der Waals surface area contributed by atoms with Gasteiger partial charge in [0, 0.05) is 25.4 Å². The van der Waals surface area contributed by atoms with Crippen molar-refractivity contribution in [2.24, 2.45) is 0 Å². The van der Waals surface area contributed by atoms with Crippen LogP contribution in [-0.2, 0) is 20.9 Å². The lowest BCUT2D eigenvalue weighted by molar-refractivity contribution is -0.189. The summed E-state index contributed by atoms with van der Waals surface area (Å²) >= 11 is 1.60. The molecule has 0 radical (unpaired) electrons. The van der Waals surface area contributed by atoms with Crippen LogP contribution in [0.15, 0.2) is 5.38 Å². The van der Waals surface area contributed by atoms with Gasteiger partial charge in [-0.1, -0.05) is 0 Å². The quantitative estimate of drug-likeness (QED) is 0.822. The Morgan fingerprint density at radius 1 is 1.48 bits per heavy atom. The first kappa shape index (κ1) is 16.4. The molecule has 7 heteroatoms. The number of hydrogen-bond donors (Lipinski definition) is 0. The fraction of sp³-hybridized carbons (Fsp3) is 0.688. The van der Waals surface area contributed by atoms with E-state index in [1.54, 1.807) is 18.3 Å². The topological polar surface area (TPSA) is 62.7 Å². The van der Waals surface area contributed by atoms with Gasteiger partial charge in [0.25, 0.3) is 0 Å². The Morgan fingerprint density at radius 2 is 2.17 bits per heavy atom. The van der Waals surface area contributed by atoms with Crippen molar-refractivity contribution in [3.8, 4) is 0 Å². The van der Waals surface area contributed by atoms with E-state index in [0.717, 1.165) is 23.5 Å². The molecule has 1 aromatic rings. The number of aryl methyl sites for hydroxylation is 1. The van der Waals surface area contributed by atoms with Crippen molar-refractivity contribution in [2.75, 3.05) is 19.7 Å². The fourth-order valence-corrected chi connectivity index (χ4v) is 4.16. The van der Waals surface area contributed by atoms with Crippen molar-refractivity contribution in [1.82, 2.24) is 14.8 Å². The van der Waals surface area contributed by atoms with Gasteiger partial charge in [-0.2, -0.15) is 0 Å². The van der Waals surface area contributed by atoms with Crippen LogP contribution in [-0.4, -0.2) is 57.9 Å². The van der Waals surface area contributed by atoms with Gasteiger partial charge < -0.3 is 14.5 Å². The third kappa shape index (κ3) is 3.12. The Hall–Kier alpha value is -1.47. The summed E-state index contributed by atoms with van der Waals surface area (Å²) in [7, 11) is 0. The molecule has 0 aromatic carbocycles. The highest BCUT2D eigenvalue weighted by Gasteiger charge is 2.48. The zero-order valence-corrected chi connectivity index (χ0v) is 14.7. The van der Waals surface area contributed by atoms with Crippen LogP contribution in [0.3, 0.4) is 0 Å². The number of hydrogen-bond acceptors (Lipinski definition) is 5. The highest BCUT2D eigenvalue weighted by atomic mass is 32.1. The predicted molar refractivity (Wildman–Crippen MR) is 87.0 cm³/mol. The molecule has 0 saturated carbocycles. The first-order valence-corrected chi connectivity index (χ1v) is 8.89. The molecule has 2 amide bonds. The molecule has 1 atom stereocenters. The number of morpholine rings is 1. The second-order valence-corrected chi connectivity index (χ2v) is 7.48. The number of nitrogens with zero attached hydrogens (tertiary/aromatic N) is 3. The van der Waals surface area contributed by atoms with Crippen LogP contribution in [0, 0.1) is 6.92 Å². The Balaban J connectivity index is 1.74. The third-order valence-electron chi connectivity index (χ3n) is 5.09. The van der Waals surface area contributed by atoms with Crippen LogP contribution in [0.5, 0.6) is 0 Å². The monoisotopic (exact) mass is 337 g/mol. The molecule has 1 aromatic heterocycles. The van der Waals surface area contributed by atoms with Crippen LogP contribution >= 0.6 is 11.3 Å². The molecule has 0 N–H and O–H groups in total. The van der Waals surface area contributed by atoms with Crippen LogP contribution in [0.25, 0.3) is 0 Å². The average Bonchev–Trinajstić information content (AvgIpc) is 2.94. The first-order chi connectivity index (χ1) is 10.9. The van der Waals surface area contributed by atoms with Gasteiger partial charge in [-0.3, -0.25) is 9.59 Å². The number of likely N-dealkylation sites (tertiary alicyclic amines) is 1. The molecule has 23 heavy (non-hydrogen) atoms. The van der Waals surface area contributed by atoms with Crippen molar-refractivity contribution in [1.29, 1.82) is 0 Å². The minimum atomic E-state index is -0.342. The van der Waals surface area contributed by atoms with Gasteiger partial charge in [-0.15, -0.1) is 11.3 Å². The molecule has 1 spiro atoms. The Morgan fingerprint density at radius 3 is 2.74 bits per heavy atom. The van der Waals surface area contributed by atoms with E-state index < -0.39 is 0 Å². The Bertz CT molecular complexity index is 607. The van der Waals surface area contributed by atoms with Gasteiger partial charge in [-0.25, -0.2) is 4.98 Å². The molecule has 2 aliphatic rings. The molecule has 0 unspecified atom stereocenters. The number of amides is 2. The maximum Gasteiger partial charge on any atom is 0.249 e. The van der Waals surface area contributed by atoms with E-state index in [1.807, 2.05) is 22.1 Å². The average molecular weight is 337 g/mol. The summed E-state index contributed by atoms with van der Waals surface area (Å²) in [4.78, 5) is 32.1. The normalized spacial score (nSPS) is 24.3. The molecule has 0 bridgehead atoms. The molecule has 2 fully saturated rings. The lowest BCUT2D eigenvalue weighted by atomic mass is 9.82. The minimum absolute atomic E-state index is 0.0140. The Kier molecular flexibility index (Phi) is 4.42. The summed E-state index contributed by atoms with van der Waals surface area (Å²) in [6.07, 6.45) is 1.54. The highest BCUT2D eigenvalue weighted by molar-refractivity contribution is 7.09. The summed E-state index contributed by atoms with van der Waals surface area (Å²) < 4.78 is 5.99. The maximum absolute atomic E-state index is 12.3. The van der Waals surface area contributed by atoms with E-state index in [0.29, 0.717) is 19.6 Å². The van der Waals surface area contributed by atoms with E-state index in [2.05, 4.69) is 11.9 Å². The predicted octanol–water partition coefficient (Wildman–Crippen LogP) is 1.58. The van der Waals surface area contributed by atoms with Crippen LogP contribution in [0.2, 0.25) is 0 Å². The summed E-state index contributed by atoms with van der Waals surface area (Å²) in [6.45, 7) is 7.66. The first-order valence-electron chi connectivity index (χ1n) is 8.01. The number of aromatic nitrogens is 1. The third-order valence-corrected chi connectivity index (χ3v) is 5.91. The molecule has 3 heterocycles. The van der Waals surface area contributed by atoms with E-state index in [-0.39, 0.29) is 30.1 Å². The zero-order valence-electron chi connectivity index (χ0n) is 13.9. The van der Waals surface area contributed by atoms with Crippen LogP contribution in [0.1, 0.15) is 37.4 Å². The smallest absolute Gasteiger partial charge is 0.249 e. The summed E-state index contributed by atoms with van der Waals surface area (Å²) in [5, 5.41) is 3.02. The van der Waals surface area contributed by atoms with Gasteiger partial charge in [0.2, 0.25) is 11.8 Å². The van der Waals surface area contributed by atoms with Crippen molar-refractivity contribution in [3.63, 3.8) is 0 Å². The number of thiazole rings is 1. The largest absolute Gasteiger partial charge is 0.363 e. The summed E-state index contributed by atoms with van der Waals surface area (Å²) in [5.74, 6) is 0.122. The number of rotatable bonds is 2. The molecule has 0 aliphatic carbocycles. The van der Waals surface area contributed by atoms with Gasteiger partial charge in [-0.05, 0) is 26.7 Å². The second kappa shape index (κ2) is 6.20. The molecule has 2 aliphatic heterocycles. The second-order valence-electron chi connectivity index (χ2n) is 6.41. The van der Waals surface area contributed by atoms with Crippen molar-refractivity contribution in [3.05, 3.63) is 16.1 Å². The van der Waals surface area contributed by atoms with E-state index in [9.17, 15) is 9.59 Å². The number of carbonyl (C=O) groups is 2. The Labute approximate surface area is 140 Å². The molecule has 3 rings (SSSR count). The number of ether oxygens (including phenoxy) is 1. The van der Waals surface area contributed by atoms with Crippen LogP contribution in [0.4, 0.5) is 0 Å². The van der Waals surface area contributed by atoms with E-state index >= 15 is 0 Å². The molecule has 2 saturated heterocycles. The lowest BCUT2D eigenvalue weighted by Gasteiger charge is -2.51. The van der Waals surface area contributed by atoms with Gasteiger partial charge in [0.1, 0.15) is 6.61 Å². The van der Waals surface area contributed by atoms with E-state index in [1.165, 1.54) is 0 Å². The molecular weight excluding hydrogens is 314 g/mol. The van der Waals surface area contributed by atoms with Crippen molar-refractivity contribution in [2.45, 2.75) is 51.8 Å². The van der Waals surface area contributed by atoms with Gasteiger partial charge in [0.05, 0.1) is 28.9 Å². The summed E-state index contributed by atoms with van der Waals surface area (Å²) in [5.41, 5.74) is 0.594.